The Bertz CT molecular complexity index is 1060. The average molecular weight is 493 g/mol. The molecule has 11 heteroatoms. The van der Waals surface area contributed by atoms with Gasteiger partial charge in [0.2, 0.25) is 5.91 Å². The van der Waals surface area contributed by atoms with Gasteiger partial charge in [-0.05, 0) is 69.0 Å². The number of nitrogens with two attached hydrogens (primary N) is 1. The lowest BCUT2D eigenvalue weighted by molar-refractivity contribution is -0.137. The Labute approximate surface area is 202 Å². The third-order valence-electron chi connectivity index (χ3n) is 6.67. The highest BCUT2D eigenvalue weighted by Gasteiger charge is 2.31. The molecule has 0 spiro atoms. The Morgan fingerprint density at radius 3 is 2.57 bits per heavy atom. The standard InChI is InChI=1S/C24H31F3N6O2/c1-15-11-21(30-31-23(15)19-5-4-16(12-20(19)34)24(25,26)27)29-18-3-2-8-32(13-18)14-22(35)33-9-6-17(28)7-10-33/h4-5,11-12,17-18,34H,2-3,6-10,13-14,28H2,1H3,(H,29,30)/t18-/m1/s1. The fraction of sp³-hybridized carbons (Fsp3) is 0.542. The lowest BCUT2D eigenvalue weighted by atomic mass is 10.0. The largest absolute Gasteiger partial charge is 0.507 e. The molecule has 0 saturated carbocycles. The van der Waals surface area contributed by atoms with Gasteiger partial charge in [0.25, 0.3) is 0 Å². The number of aryl methyl sites for hydroxylation is 1. The third-order valence-corrected chi connectivity index (χ3v) is 6.67. The van der Waals surface area contributed by atoms with Crippen molar-refractivity contribution in [3.8, 4) is 17.0 Å². The van der Waals surface area contributed by atoms with E-state index in [4.69, 9.17) is 5.73 Å². The Morgan fingerprint density at radius 2 is 1.91 bits per heavy atom. The fourth-order valence-corrected chi connectivity index (χ4v) is 4.70. The average Bonchev–Trinajstić information content (AvgIpc) is 2.79. The summed E-state index contributed by atoms with van der Waals surface area (Å²) in [5, 5.41) is 21.9. The number of halogens is 3. The van der Waals surface area contributed by atoms with Gasteiger partial charge in [-0.3, -0.25) is 9.69 Å². The molecule has 1 atom stereocenters. The number of phenolic OH excluding ortho intramolecular Hbond substituents is 1. The number of hydrogen-bond acceptors (Lipinski definition) is 7. The Kier molecular flexibility index (Phi) is 7.46. The summed E-state index contributed by atoms with van der Waals surface area (Å²) in [6.45, 7) is 5.12. The van der Waals surface area contributed by atoms with Crippen LogP contribution in [0.2, 0.25) is 0 Å². The number of piperidine rings is 2. The summed E-state index contributed by atoms with van der Waals surface area (Å²) in [5.41, 5.74) is 6.19. The zero-order valence-corrected chi connectivity index (χ0v) is 19.7. The van der Waals surface area contributed by atoms with E-state index in [9.17, 15) is 23.1 Å². The molecule has 2 aliphatic rings. The predicted octanol–water partition coefficient (Wildman–Crippen LogP) is 3.00. The van der Waals surface area contributed by atoms with E-state index in [2.05, 4.69) is 20.4 Å². The zero-order chi connectivity index (χ0) is 25.2. The number of hydrogen-bond donors (Lipinski definition) is 3. The van der Waals surface area contributed by atoms with Gasteiger partial charge >= 0.3 is 6.18 Å². The number of rotatable bonds is 5. The Balaban J connectivity index is 1.37. The lowest BCUT2D eigenvalue weighted by Crippen LogP contribution is -2.50. The van der Waals surface area contributed by atoms with Crippen molar-refractivity contribution in [1.29, 1.82) is 0 Å². The van der Waals surface area contributed by atoms with E-state index in [1.54, 1.807) is 13.0 Å². The summed E-state index contributed by atoms with van der Waals surface area (Å²) < 4.78 is 38.7. The predicted molar refractivity (Wildman–Crippen MR) is 126 cm³/mol. The van der Waals surface area contributed by atoms with Crippen molar-refractivity contribution in [1.82, 2.24) is 20.0 Å². The van der Waals surface area contributed by atoms with Crippen LogP contribution >= 0.6 is 0 Å². The number of aromatic nitrogens is 2. The van der Waals surface area contributed by atoms with Gasteiger partial charge in [0.1, 0.15) is 11.6 Å². The van der Waals surface area contributed by atoms with Gasteiger partial charge in [-0.25, -0.2) is 0 Å². The van der Waals surface area contributed by atoms with Crippen LogP contribution in [0, 0.1) is 6.92 Å². The molecule has 0 bridgehead atoms. The van der Waals surface area contributed by atoms with E-state index in [1.807, 2.05) is 4.90 Å². The van der Waals surface area contributed by atoms with E-state index in [0.717, 1.165) is 38.3 Å². The summed E-state index contributed by atoms with van der Waals surface area (Å²) >= 11 is 0. The molecule has 35 heavy (non-hydrogen) atoms. The molecule has 190 valence electrons. The molecule has 4 N–H and O–H groups in total. The molecule has 1 aromatic carbocycles. The topological polar surface area (TPSA) is 108 Å². The van der Waals surface area contributed by atoms with E-state index >= 15 is 0 Å². The van der Waals surface area contributed by atoms with Gasteiger partial charge < -0.3 is 21.1 Å². The highest BCUT2D eigenvalue weighted by molar-refractivity contribution is 5.78. The van der Waals surface area contributed by atoms with Crippen molar-refractivity contribution in [2.75, 3.05) is 38.0 Å². The van der Waals surface area contributed by atoms with E-state index < -0.39 is 17.5 Å². The summed E-state index contributed by atoms with van der Waals surface area (Å²) in [6, 6.07) is 4.85. The van der Waals surface area contributed by atoms with E-state index in [1.165, 1.54) is 6.07 Å². The van der Waals surface area contributed by atoms with Gasteiger partial charge in [0.15, 0.2) is 0 Å². The summed E-state index contributed by atoms with van der Waals surface area (Å²) in [7, 11) is 0. The molecule has 1 aromatic heterocycles. The molecule has 0 radical (unpaired) electrons. The van der Waals surface area contributed by atoms with Crippen molar-refractivity contribution in [2.45, 2.75) is 50.9 Å². The van der Waals surface area contributed by atoms with Crippen molar-refractivity contribution in [3.63, 3.8) is 0 Å². The SMILES string of the molecule is Cc1cc(N[C@@H]2CCCN(CC(=O)N3CCC(N)CC3)C2)nnc1-c1ccc(C(F)(F)F)cc1O. The number of carbonyl (C=O) groups is 1. The van der Waals surface area contributed by atoms with Crippen LogP contribution in [-0.2, 0) is 11.0 Å². The molecule has 8 nitrogen and oxygen atoms in total. The summed E-state index contributed by atoms with van der Waals surface area (Å²) in [6.07, 6.45) is -0.988. The fourth-order valence-electron chi connectivity index (χ4n) is 4.70. The second kappa shape index (κ2) is 10.4. The number of alkyl halides is 3. The van der Waals surface area contributed by atoms with Crippen LogP contribution in [0.5, 0.6) is 5.75 Å². The maximum Gasteiger partial charge on any atom is 0.416 e. The molecule has 2 aromatic rings. The number of nitrogens with zero attached hydrogens (tertiary/aromatic N) is 4. The van der Waals surface area contributed by atoms with Gasteiger partial charge in [-0.15, -0.1) is 10.2 Å². The first-order valence-electron chi connectivity index (χ1n) is 11.9. The first-order valence-corrected chi connectivity index (χ1v) is 11.9. The number of nitrogens with one attached hydrogen (secondary N) is 1. The number of amides is 1. The number of benzene rings is 1. The Morgan fingerprint density at radius 1 is 1.17 bits per heavy atom. The first-order chi connectivity index (χ1) is 16.6. The van der Waals surface area contributed by atoms with Gasteiger partial charge in [0, 0.05) is 37.3 Å². The van der Waals surface area contributed by atoms with Crippen LogP contribution in [0.4, 0.5) is 19.0 Å². The van der Waals surface area contributed by atoms with Crippen molar-refractivity contribution in [2.24, 2.45) is 5.73 Å². The van der Waals surface area contributed by atoms with E-state index in [-0.39, 0.29) is 23.6 Å². The van der Waals surface area contributed by atoms with Crippen LogP contribution in [0.1, 0.15) is 36.8 Å². The monoisotopic (exact) mass is 492 g/mol. The van der Waals surface area contributed by atoms with Crippen LogP contribution in [0.3, 0.4) is 0 Å². The third kappa shape index (κ3) is 6.21. The maximum atomic E-state index is 12.9. The van der Waals surface area contributed by atoms with Crippen LogP contribution in [-0.4, -0.2) is 75.8 Å². The summed E-state index contributed by atoms with van der Waals surface area (Å²) in [4.78, 5) is 16.7. The Hall–Kier alpha value is -2.92. The van der Waals surface area contributed by atoms with Gasteiger partial charge in [0.05, 0.1) is 17.8 Å². The molecule has 1 amide bonds. The molecule has 3 heterocycles. The lowest BCUT2D eigenvalue weighted by Gasteiger charge is -2.36. The van der Waals surface area contributed by atoms with Crippen LogP contribution in [0.15, 0.2) is 24.3 Å². The minimum Gasteiger partial charge on any atom is -0.507 e. The van der Waals surface area contributed by atoms with Crippen molar-refractivity contribution < 1.29 is 23.1 Å². The molecule has 0 unspecified atom stereocenters. The number of aromatic hydroxyl groups is 1. The number of phenols is 1. The molecular weight excluding hydrogens is 461 g/mol. The second-order valence-corrected chi connectivity index (χ2v) is 9.43. The second-order valence-electron chi connectivity index (χ2n) is 9.43. The van der Waals surface area contributed by atoms with Crippen molar-refractivity contribution >= 4 is 11.7 Å². The highest BCUT2D eigenvalue weighted by Crippen LogP contribution is 2.36. The molecular formula is C24H31F3N6O2. The van der Waals surface area contributed by atoms with Gasteiger partial charge in [-0.2, -0.15) is 13.2 Å². The molecule has 2 saturated heterocycles. The van der Waals surface area contributed by atoms with Crippen LogP contribution < -0.4 is 11.1 Å². The number of likely N-dealkylation sites (tertiary alicyclic amines) is 2. The van der Waals surface area contributed by atoms with Crippen molar-refractivity contribution in [3.05, 3.63) is 35.4 Å². The maximum absolute atomic E-state index is 12.9. The number of anilines is 1. The number of carbonyl (C=O) groups excluding carboxylic acids is 1. The molecule has 0 aliphatic carbocycles. The highest BCUT2D eigenvalue weighted by atomic mass is 19.4. The van der Waals surface area contributed by atoms with Crippen LogP contribution in [0.25, 0.3) is 11.3 Å². The molecule has 2 aliphatic heterocycles. The quantitative estimate of drug-likeness (QED) is 0.589. The van der Waals surface area contributed by atoms with E-state index in [0.29, 0.717) is 49.3 Å². The minimum absolute atomic E-state index is 0.0883. The smallest absolute Gasteiger partial charge is 0.416 e. The zero-order valence-electron chi connectivity index (χ0n) is 19.7. The van der Waals surface area contributed by atoms with Gasteiger partial charge in [-0.1, -0.05) is 0 Å². The summed E-state index contributed by atoms with van der Waals surface area (Å²) in [5.74, 6) is 0.177. The first kappa shape index (κ1) is 25.2. The normalized spacial score (nSPS) is 20.1. The molecule has 4 rings (SSSR count). The molecule has 2 fully saturated rings. The minimum atomic E-state index is -4.54.